The van der Waals surface area contributed by atoms with Crippen molar-refractivity contribution >= 4 is 5.91 Å². The molecule has 0 aromatic carbocycles. The zero-order valence-electron chi connectivity index (χ0n) is 13.7. The van der Waals surface area contributed by atoms with E-state index in [1.165, 1.54) is 6.07 Å². The van der Waals surface area contributed by atoms with Gasteiger partial charge in [0.15, 0.2) is 0 Å². The predicted molar refractivity (Wildman–Crippen MR) is 85.7 cm³/mol. The Balaban J connectivity index is 1.81. The van der Waals surface area contributed by atoms with Crippen LogP contribution < -0.4 is 10.9 Å². The first-order valence-corrected chi connectivity index (χ1v) is 8.04. The topological polar surface area (TPSA) is 78.1 Å². The lowest BCUT2D eigenvalue weighted by atomic mass is 9.96. The number of nitrogens with one attached hydrogen (secondary N) is 2. The van der Waals surface area contributed by atoms with Crippen LogP contribution in [-0.4, -0.2) is 46.5 Å². The Kier molecular flexibility index (Phi) is 5.71. The van der Waals surface area contributed by atoms with Gasteiger partial charge in [-0.05, 0) is 40.2 Å². The second-order valence-electron chi connectivity index (χ2n) is 6.29. The number of carbonyl (C=O) groups is 1. The maximum atomic E-state index is 12.3. The number of amides is 1. The van der Waals surface area contributed by atoms with Gasteiger partial charge in [-0.25, -0.2) is 4.98 Å². The summed E-state index contributed by atoms with van der Waals surface area (Å²) in [4.78, 5) is 32.9. The molecule has 1 fully saturated rings. The zero-order valence-corrected chi connectivity index (χ0v) is 13.7. The van der Waals surface area contributed by atoms with E-state index < -0.39 is 0 Å². The summed E-state index contributed by atoms with van der Waals surface area (Å²) < 4.78 is 0. The van der Waals surface area contributed by atoms with Gasteiger partial charge in [0.1, 0.15) is 5.82 Å². The van der Waals surface area contributed by atoms with Crippen molar-refractivity contribution in [2.75, 3.05) is 19.6 Å². The summed E-state index contributed by atoms with van der Waals surface area (Å²) in [6.45, 7) is 8.53. The maximum Gasteiger partial charge on any atom is 0.251 e. The number of hydrogen-bond acceptors (Lipinski definition) is 4. The SMILES string of the molecule is Cc1nc(CCNC(=O)C2CCCN(C(C)C)C2)cc(=O)[nH]1. The van der Waals surface area contributed by atoms with Crippen LogP contribution in [0.2, 0.25) is 0 Å². The fraction of sp³-hybridized carbons (Fsp3) is 0.688. The van der Waals surface area contributed by atoms with Crippen molar-refractivity contribution in [2.45, 2.75) is 46.1 Å². The lowest BCUT2D eigenvalue weighted by Crippen LogP contribution is -2.45. The summed E-state index contributed by atoms with van der Waals surface area (Å²) in [5.74, 6) is 0.797. The van der Waals surface area contributed by atoms with E-state index in [2.05, 4.69) is 34.0 Å². The molecule has 1 aliphatic rings. The fourth-order valence-electron chi connectivity index (χ4n) is 2.92. The molecule has 0 spiro atoms. The minimum Gasteiger partial charge on any atom is -0.355 e. The van der Waals surface area contributed by atoms with Crippen LogP contribution in [0.5, 0.6) is 0 Å². The maximum absolute atomic E-state index is 12.3. The van der Waals surface area contributed by atoms with Crippen molar-refractivity contribution < 1.29 is 4.79 Å². The summed E-state index contributed by atoms with van der Waals surface area (Å²) in [6, 6.07) is 1.97. The average Bonchev–Trinajstić information content (AvgIpc) is 2.46. The first kappa shape index (κ1) is 16.7. The number of hydrogen-bond donors (Lipinski definition) is 2. The van der Waals surface area contributed by atoms with Crippen molar-refractivity contribution in [3.05, 3.63) is 27.9 Å². The zero-order chi connectivity index (χ0) is 16.1. The quantitative estimate of drug-likeness (QED) is 0.846. The van der Waals surface area contributed by atoms with Crippen LogP contribution in [-0.2, 0) is 11.2 Å². The number of piperidine rings is 1. The van der Waals surface area contributed by atoms with E-state index in [0.717, 1.165) is 25.9 Å². The number of aromatic nitrogens is 2. The summed E-state index contributed by atoms with van der Waals surface area (Å²) in [5, 5.41) is 2.98. The molecule has 0 radical (unpaired) electrons. The molecule has 1 aromatic heterocycles. The first-order chi connectivity index (χ1) is 10.5. The molecule has 2 rings (SSSR count). The molecule has 1 aliphatic heterocycles. The lowest BCUT2D eigenvalue weighted by molar-refractivity contribution is -0.126. The summed E-state index contributed by atoms with van der Waals surface area (Å²) in [5.41, 5.74) is 0.572. The minimum atomic E-state index is -0.145. The Morgan fingerprint density at radius 3 is 3.00 bits per heavy atom. The van der Waals surface area contributed by atoms with E-state index in [9.17, 15) is 9.59 Å². The number of aryl methyl sites for hydroxylation is 1. The van der Waals surface area contributed by atoms with E-state index in [4.69, 9.17) is 0 Å². The second kappa shape index (κ2) is 7.54. The summed E-state index contributed by atoms with van der Waals surface area (Å²) >= 11 is 0. The Morgan fingerprint density at radius 2 is 2.32 bits per heavy atom. The highest BCUT2D eigenvalue weighted by molar-refractivity contribution is 5.78. The molecule has 2 heterocycles. The molecule has 2 N–H and O–H groups in total. The highest BCUT2D eigenvalue weighted by atomic mass is 16.2. The van der Waals surface area contributed by atoms with E-state index in [1.807, 2.05) is 0 Å². The number of carbonyl (C=O) groups excluding carboxylic acids is 1. The normalized spacial score (nSPS) is 19.4. The molecular weight excluding hydrogens is 280 g/mol. The van der Waals surface area contributed by atoms with Gasteiger partial charge in [-0.1, -0.05) is 0 Å². The van der Waals surface area contributed by atoms with Crippen molar-refractivity contribution in [3.8, 4) is 0 Å². The predicted octanol–water partition coefficient (Wildman–Crippen LogP) is 0.857. The van der Waals surface area contributed by atoms with Crippen LogP contribution >= 0.6 is 0 Å². The van der Waals surface area contributed by atoms with E-state index in [1.54, 1.807) is 6.92 Å². The van der Waals surface area contributed by atoms with E-state index in [0.29, 0.717) is 30.5 Å². The molecule has 0 aliphatic carbocycles. The Hall–Kier alpha value is -1.69. The molecular formula is C16H26N4O2. The van der Waals surface area contributed by atoms with Crippen molar-refractivity contribution in [2.24, 2.45) is 5.92 Å². The number of H-pyrrole nitrogens is 1. The van der Waals surface area contributed by atoms with Gasteiger partial charge in [-0.2, -0.15) is 0 Å². The summed E-state index contributed by atoms with van der Waals surface area (Å²) in [7, 11) is 0. The molecule has 1 atom stereocenters. The molecule has 0 saturated carbocycles. The lowest BCUT2D eigenvalue weighted by Gasteiger charge is -2.34. The fourth-order valence-corrected chi connectivity index (χ4v) is 2.92. The molecule has 22 heavy (non-hydrogen) atoms. The van der Waals surface area contributed by atoms with Crippen LogP contribution in [0.4, 0.5) is 0 Å². The van der Waals surface area contributed by atoms with Gasteiger partial charge in [0.25, 0.3) is 5.56 Å². The number of aromatic amines is 1. The molecule has 6 heteroatoms. The Labute approximate surface area is 131 Å². The van der Waals surface area contributed by atoms with Crippen LogP contribution in [0, 0.1) is 12.8 Å². The van der Waals surface area contributed by atoms with Crippen molar-refractivity contribution in [1.29, 1.82) is 0 Å². The highest BCUT2D eigenvalue weighted by Gasteiger charge is 2.26. The third-order valence-corrected chi connectivity index (χ3v) is 4.15. The Morgan fingerprint density at radius 1 is 1.55 bits per heavy atom. The molecule has 1 aromatic rings. The number of nitrogens with zero attached hydrogens (tertiary/aromatic N) is 2. The number of rotatable bonds is 5. The molecule has 1 saturated heterocycles. The van der Waals surface area contributed by atoms with Gasteiger partial charge >= 0.3 is 0 Å². The smallest absolute Gasteiger partial charge is 0.251 e. The highest BCUT2D eigenvalue weighted by Crippen LogP contribution is 2.18. The van der Waals surface area contributed by atoms with E-state index >= 15 is 0 Å². The van der Waals surface area contributed by atoms with Gasteiger partial charge in [-0.15, -0.1) is 0 Å². The third kappa shape index (κ3) is 4.66. The van der Waals surface area contributed by atoms with Gasteiger partial charge in [0, 0.05) is 37.3 Å². The molecule has 6 nitrogen and oxygen atoms in total. The van der Waals surface area contributed by atoms with Gasteiger partial charge in [-0.3, -0.25) is 9.59 Å². The van der Waals surface area contributed by atoms with Crippen LogP contribution in [0.3, 0.4) is 0 Å². The van der Waals surface area contributed by atoms with E-state index in [-0.39, 0.29) is 17.4 Å². The van der Waals surface area contributed by atoms with Gasteiger partial charge < -0.3 is 15.2 Å². The average molecular weight is 306 g/mol. The largest absolute Gasteiger partial charge is 0.355 e. The van der Waals surface area contributed by atoms with Crippen molar-refractivity contribution in [3.63, 3.8) is 0 Å². The Bertz CT molecular complexity index is 568. The third-order valence-electron chi connectivity index (χ3n) is 4.15. The second-order valence-corrected chi connectivity index (χ2v) is 6.29. The van der Waals surface area contributed by atoms with Crippen LogP contribution in [0.15, 0.2) is 10.9 Å². The van der Waals surface area contributed by atoms with Crippen LogP contribution in [0.1, 0.15) is 38.2 Å². The van der Waals surface area contributed by atoms with Crippen LogP contribution in [0.25, 0.3) is 0 Å². The molecule has 0 bridgehead atoms. The summed E-state index contributed by atoms with van der Waals surface area (Å²) in [6.07, 6.45) is 2.61. The molecule has 1 unspecified atom stereocenters. The standard InChI is InChI=1S/C16H26N4O2/c1-11(2)20-8-4-5-13(10-20)16(22)17-7-6-14-9-15(21)19-12(3)18-14/h9,11,13H,4-8,10H2,1-3H3,(H,17,22)(H,18,19,21). The monoisotopic (exact) mass is 306 g/mol. The first-order valence-electron chi connectivity index (χ1n) is 8.04. The van der Waals surface area contributed by atoms with Crippen molar-refractivity contribution in [1.82, 2.24) is 20.2 Å². The molecule has 122 valence electrons. The minimum absolute atomic E-state index is 0.0741. The van der Waals surface area contributed by atoms with Gasteiger partial charge in [0.05, 0.1) is 5.92 Å². The van der Waals surface area contributed by atoms with Gasteiger partial charge in [0.2, 0.25) is 5.91 Å². The number of likely N-dealkylation sites (tertiary alicyclic amines) is 1. The molecule has 1 amide bonds.